The highest BCUT2D eigenvalue weighted by Gasteiger charge is 2.40. The molecule has 6 heteroatoms. The maximum atomic E-state index is 12.5. The number of furan rings is 1. The molecule has 0 aromatic carbocycles. The standard InChI is InChI=1S/C16H25N3O3/c1-2-8-18-15(21)16(6-4-3-5-7-16)19-14(20)12-9-13(10-17)22-11-12/h9,11H,2-8,10,17H2,1H3,(H,18,21)(H,19,20). The van der Waals surface area contributed by atoms with Crippen molar-refractivity contribution in [3.05, 3.63) is 23.7 Å². The van der Waals surface area contributed by atoms with Gasteiger partial charge in [-0.15, -0.1) is 0 Å². The van der Waals surface area contributed by atoms with Gasteiger partial charge in [0.15, 0.2) is 0 Å². The summed E-state index contributed by atoms with van der Waals surface area (Å²) in [5.41, 5.74) is 5.10. The Labute approximate surface area is 130 Å². The second-order valence-corrected chi connectivity index (χ2v) is 5.86. The Bertz CT molecular complexity index is 518. The summed E-state index contributed by atoms with van der Waals surface area (Å²) in [7, 11) is 0. The summed E-state index contributed by atoms with van der Waals surface area (Å²) in [5.74, 6) is 0.195. The van der Waals surface area contributed by atoms with Crippen LogP contribution in [-0.4, -0.2) is 23.9 Å². The molecule has 1 aromatic rings. The van der Waals surface area contributed by atoms with Gasteiger partial charge in [-0.2, -0.15) is 0 Å². The van der Waals surface area contributed by atoms with Gasteiger partial charge in [0.2, 0.25) is 5.91 Å². The highest BCUT2D eigenvalue weighted by molar-refractivity contribution is 5.99. The van der Waals surface area contributed by atoms with Crippen LogP contribution in [0.4, 0.5) is 0 Å². The molecule has 1 aliphatic carbocycles. The smallest absolute Gasteiger partial charge is 0.255 e. The van der Waals surface area contributed by atoms with Crippen LogP contribution in [0.2, 0.25) is 0 Å². The van der Waals surface area contributed by atoms with Crippen LogP contribution < -0.4 is 16.4 Å². The highest BCUT2D eigenvalue weighted by atomic mass is 16.3. The number of nitrogens with one attached hydrogen (secondary N) is 2. The van der Waals surface area contributed by atoms with Crippen LogP contribution in [0.25, 0.3) is 0 Å². The molecule has 1 saturated carbocycles. The lowest BCUT2D eigenvalue weighted by Crippen LogP contribution is -2.59. The minimum Gasteiger partial charge on any atom is -0.467 e. The highest BCUT2D eigenvalue weighted by Crippen LogP contribution is 2.29. The van der Waals surface area contributed by atoms with Crippen molar-refractivity contribution < 1.29 is 14.0 Å². The van der Waals surface area contributed by atoms with E-state index in [4.69, 9.17) is 10.2 Å². The summed E-state index contributed by atoms with van der Waals surface area (Å²) in [5, 5.41) is 5.86. The van der Waals surface area contributed by atoms with Crippen LogP contribution in [-0.2, 0) is 11.3 Å². The Hall–Kier alpha value is -1.82. The number of nitrogens with two attached hydrogens (primary N) is 1. The Morgan fingerprint density at radius 2 is 2.05 bits per heavy atom. The second-order valence-electron chi connectivity index (χ2n) is 5.86. The van der Waals surface area contributed by atoms with E-state index in [1.165, 1.54) is 6.26 Å². The van der Waals surface area contributed by atoms with Crippen LogP contribution in [0.15, 0.2) is 16.7 Å². The second kappa shape index (κ2) is 7.45. The van der Waals surface area contributed by atoms with Crippen LogP contribution in [0.5, 0.6) is 0 Å². The largest absolute Gasteiger partial charge is 0.467 e. The third-order valence-corrected chi connectivity index (χ3v) is 4.15. The predicted octanol–water partition coefficient (Wildman–Crippen LogP) is 1.70. The van der Waals surface area contributed by atoms with Crippen LogP contribution in [0.3, 0.4) is 0 Å². The number of hydrogen-bond donors (Lipinski definition) is 3. The number of rotatable bonds is 6. The molecule has 0 aliphatic heterocycles. The van der Waals surface area contributed by atoms with Gasteiger partial charge >= 0.3 is 0 Å². The summed E-state index contributed by atoms with van der Waals surface area (Å²) >= 11 is 0. The van der Waals surface area contributed by atoms with E-state index in [-0.39, 0.29) is 18.4 Å². The van der Waals surface area contributed by atoms with Gasteiger partial charge in [-0.1, -0.05) is 26.2 Å². The predicted molar refractivity (Wildman–Crippen MR) is 83.2 cm³/mol. The first-order valence-electron chi connectivity index (χ1n) is 7.99. The molecule has 0 saturated heterocycles. The zero-order chi connectivity index (χ0) is 16.0. The molecule has 0 spiro atoms. The molecule has 0 atom stereocenters. The summed E-state index contributed by atoms with van der Waals surface area (Å²) in [4.78, 5) is 25.0. The van der Waals surface area contributed by atoms with Crippen molar-refractivity contribution in [3.8, 4) is 0 Å². The maximum absolute atomic E-state index is 12.5. The number of amides is 2. The van der Waals surface area contributed by atoms with Gasteiger partial charge in [-0.3, -0.25) is 9.59 Å². The minimum atomic E-state index is -0.801. The Balaban J connectivity index is 2.11. The molecule has 2 amide bonds. The molecular formula is C16H25N3O3. The zero-order valence-corrected chi connectivity index (χ0v) is 13.1. The van der Waals surface area contributed by atoms with Gasteiger partial charge in [-0.25, -0.2) is 0 Å². The summed E-state index contributed by atoms with van der Waals surface area (Å²) in [6.07, 6.45) is 6.60. The molecule has 2 rings (SSSR count). The first-order valence-corrected chi connectivity index (χ1v) is 7.99. The third-order valence-electron chi connectivity index (χ3n) is 4.15. The van der Waals surface area contributed by atoms with E-state index in [9.17, 15) is 9.59 Å². The van der Waals surface area contributed by atoms with E-state index < -0.39 is 5.54 Å². The van der Waals surface area contributed by atoms with E-state index >= 15 is 0 Å². The van der Waals surface area contributed by atoms with Crippen molar-refractivity contribution in [1.82, 2.24) is 10.6 Å². The Morgan fingerprint density at radius 1 is 1.32 bits per heavy atom. The van der Waals surface area contributed by atoms with Crippen molar-refractivity contribution >= 4 is 11.8 Å². The van der Waals surface area contributed by atoms with E-state index in [1.54, 1.807) is 6.07 Å². The van der Waals surface area contributed by atoms with Crippen molar-refractivity contribution in [2.45, 2.75) is 57.5 Å². The lowest BCUT2D eigenvalue weighted by atomic mass is 9.80. The van der Waals surface area contributed by atoms with E-state index in [1.807, 2.05) is 6.92 Å². The molecule has 0 unspecified atom stereocenters. The molecular weight excluding hydrogens is 282 g/mol. The fourth-order valence-electron chi connectivity index (χ4n) is 2.87. The molecule has 122 valence electrons. The number of carbonyl (C=O) groups is 2. The SMILES string of the molecule is CCCNC(=O)C1(NC(=O)c2coc(CN)c2)CCCCC1. The fourth-order valence-corrected chi connectivity index (χ4v) is 2.87. The monoisotopic (exact) mass is 307 g/mol. The summed E-state index contributed by atoms with van der Waals surface area (Å²) < 4.78 is 5.20. The molecule has 22 heavy (non-hydrogen) atoms. The Morgan fingerprint density at radius 3 is 2.64 bits per heavy atom. The lowest BCUT2D eigenvalue weighted by molar-refractivity contribution is -0.128. The Kier molecular flexibility index (Phi) is 5.60. The van der Waals surface area contributed by atoms with E-state index in [2.05, 4.69) is 10.6 Å². The number of carbonyl (C=O) groups excluding carboxylic acids is 2. The quantitative estimate of drug-likeness (QED) is 0.745. The van der Waals surface area contributed by atoms with Crippen molar-refractivity contribution in [2.24, 2.45) is 5.73 Å². The van der Waals surface area contributed by atoms with Gasteiger partial charge in [0.05, 0.1) is 12.1 Å². The van der Waals surface area contributed by atoms with Crippen LogP contribution in [0, 0.1) is 0 Å². The van der Waals surface area contributed by atoms with Crippen molar-refractivity contribution in [2.75, 3.05) is 6.54 Å². The third kappa shape index (κ3) is 3.68. The molecule has 1 aliphatic rings. The normalized spacial score (nSPS) is 17.0. The minimum absolute atomic E-state index is 0.0788. The van der Waals surface area contributed by atoms with Gasteiger partial charge in [0.25, 0.3) is 5.91 Å². The first-order chi connectivity index (χ1) is 10.6. The average Bonchev–Trinajstić information content (AvgIpc) is 3.02. The van der Waals surface area contributed by atoms with E-state index in [0.29, 0.717) is 30.7 Å². The van der Waals surface area contributed by atoms with Crippen molar-refractivity contribution in [1.29, 1.82) is 0 Å². The molecule has 6 nitrogen and oxygen atoms in total. The van der Waals surface area contributed by atoms with Crippen LogP contribution in [0.1, 0.15) is 61.6 Å². The number of hydrogen-bond acceptors (Lipinski definition) is 4. The average molecular weight is 307 g/mol. The van der Waals surface area contributed by atoms with Gasteiger partial charge in [0.1, 0.15) is 17.6 Å². The van der Waals surface area contributed by atoms with Gasteiger partial charge in [0, 0.05) is 6.54 Å². The molecule has 1 heterocycles. The van der Waals surface area contributed by atoms with E-state index in [0.717, 1.165) is 25.7 Å². The molecule has 0 bridgehead atoms. The fraction of sp³-hybridized carbons (Fsp3) is 0.625. The lowest BCUT2D eigenvalue weighted by Gasteiger charge is -2.36. The van der Waals surface area contributed by atoms with Crippen molar-refractivity contribution in [3.63, 3.8) is 0 Å². The summed E-state index contributed by atoms with van der Waals surface area (Å²) in [6, 6.07) is 1.62. The molecule has 4 N–H and O–H groups in total. The van der Waals surface area contributed by atoms with Gasteiger partial charge < -0.3 is 20.8 Å². The van der Waals surface area contributed by atoms with Crippen LogP contribution >= 0.6 is 0 Å². The molecule has 0 radical (unpaired) electrons. The topological polar surface area (TPSA) is 97.4 Å². The maximum Gasteiger partial charge on any atom is 0.255 e. The van der Waals surface area contributed by atoms with Gasteiger partial charge in [-0.05, 0) is 25.3 Å². The first kappa shape index (κ1) is 16.5. The molecule has 1 aromatic heterocycles. The zero-order valence-electron chi connectivity index (χ0n) is 13.1. The molecule has 1 fully saturated rings. The summed E-state index contributed by atoms with van der Waals surface area (Å²) in [6.45, 7) is 2.88.